The number of aromatic nitrogens is 2. The first kappa shape index (κ1) is 12.2. The van der Waals surface area contributed by atoms with Crippen molar-refractivity contribution in [2.24, 2.45) is 0 Å². The van der Waals surface area contributed by atoms with Crippen LogP contribution in [-0.4, -0.2) is 9.55 Å². The molecule has 0 amide bonds. The van der Waals surface area contributed by atoms with Crippen LogP contribution in [0.5, 0.6) is 0 Å². The molecule has 1 aliphatic carbocycles. The molecule has 0 unspecified atom stereocenters. The maximum absolute atomic E-state index is 12.5. The first-order valence-corrected chi connectivity index (χ1v) is 7.71. The third kappa shape index (κ3) is 1.70. The Morgan fingerprint density at radius 1 is 1.39 bits per heavy atom. The van der Waals surface area contributed by atoms with E-state index in [2.05, 4.69) is 4.98 Å². The smallest absolute Gasteiger partial charge is 0.262 e. The summed E-state index contributed by atoms with van der Waals surface area (Å²) >= 11 is 7.57. The Morgan fingerprint density at radius 2 is 2.17 bits per heavy atom. The summed E-state index contributed by atoms with van der Waals surface area (Å²) in [5.74, 6) is 0.983. The first-order chi connectivity index (χ1) is 8.76. The molecule has 0 saturated carbocycles. The summed E-state index contributed by atoms with van der Waals surface area (Å²) in [6, 6.07) is 0. The highest BCUT2D eigenvalue weighted by Crippen LogP contribution is 2.33. The molecule has 5 heteroatoms. The number of halogens is 1. The molecule has 0 aliphatic heterocycles. The van der Waals surface area contributed by atoms with Crippen molar-refractivity contribution in [3.63, 3.8) is 0 Å². The third-order valence-corrected chi connectivity index (χ3v) is 5.01. The summed E-state index contributed by atoms with van der Waals surface area (Å²) in [7, 11) is 0. The molecule has 0 saturated heterocycles. The van der Waals surface area contributed by atoms with Gasteiger partial charge < -0.3 is 0 Å². The van der Waals surface area contributed by atoms with Crippen molar-refractivity contribution in [2.75, 3.05) is 0 Å². The molecular formula is C13H15ClN2OS. The third-order valence-electron chi connectivity index (χ3n) is 3.59. The standard InChI is InChI=1S/C13H15ClN2OS/c1-2-16-10(7-14)15-12-11(13(16)17)8-5-3-4-6-9(8)18-12/h2-7H2,1H3. The van der Waals surface area contributed by atoms with Crippen LogP contribution < -0.4 is 5.56 Å². The number of aryl methyl sites for hydroxylation is 2. The molecule has 0 aromatic carbocycles. The van der Waals surface area contributed by atoms with Gasteiger partial charge in [-0.15, -0.1) is 22.9 Å². The Morgan fingerprint density at radius 3 is 2.89 bits per heavy atom. The summed E-state index contributed by atoms with van der Waals surface area (Å²) in [6.45, 7) is 2.60. The minimum absolute atomic E-state index is 0.0950. The van der Waals surface area contributed by atoms with E-state index in [0.717, 1.165) is 23.1 Å². The molecule has 0 spiro atoms. The van der Waals surface area contributed by atoms with Crippen molar-refractivity contribution in [1.29, 1.82) is 0 Å². The molecule has 96 valence electrons. The maximum Gasteiger partial charge on any atom is 0.262 e. The highest BCUT2D eigenvalue weighted by Gasteiger charge is 2.21. The highest BCUT2D eigenvalue weighted by atomic mass is 35.5. The molecule has 3 rings (SSSR count). The van der Waals surface area contributed by atoms with Crippen molar-refractivity contribution in [2.45, 2.75) is 45.0 Å². The van der Waals surface area contributed by atoms with Gasteiger partial charge in [-0.25, -0.2) is 4.98 Å². The predicted molar refractivity (Wildman–Crippen MR) is 75.8 cm³/mol. The van der Waals surface area contributed by atoms with E-state index < -0.39 is 0 Å². The van der Waals surface area contributed by atoms with Gasteiger partial charge in [0.15, 0.2) is 0 Å². The van der Waals surface area contributed by atoms with Crippen molar-refractivity contribution in [3.8, 4) is 0 Å². The van der Waals surface area contributed by atoms with E-state index in [9.17, 15) is 4.79 Å². The summed E-state index contributed by atoms with van der Waals surface area (Å²) in [5, 5.41) is 0.852. The summed E-state index contributed by atoms with van der Waals surface area (Å²) in [5.41, 5.74) is 1.35. The molecule has 2 heterocycles. The largest absolute Gasteiger partial charge is 0.295 e. The van der Waals surface area contributed by atoms with Crippen LogP contribution in [0.25, 0.3) is 10.2 Å². The van der Waals surface area contributed by atoms with Crippen molar-refractivity contribution < 1.29 is 0 Å². The zero-order valence-corrected chi connectivity index (χ0v) is 11.9. The molecule has 1 aliphatic rings. The second kappa shape index (κ2) is 4.67. The molecule has 18 heavy (non-hydrogen) atoms. The van der Waals surface area contributed by atoms with E-state index in [-0.39, 0.29) is 5.56 Å². The minimum atomic E-state index is 0.0950. The van der Waals surface area contributed by atoms with Crippen LogP contribution in [0.1, 0.15) is 36.0 Å². The van der Waals surface area contributed by atoms with E-state index >= 15 is 0 Å². The first-order valence-electron chi connectivity index (χ1n) is 6.36. The normalized spacial score (nSPS) is 15.0. The molecule has 0 N–H and O–H groups in total. The average Bonchev–Trinajstić information content (AvgIpc) is 2.76. The van der Waals surface area contributed by atoms with E-state index in [1.165, 1.54) is 23.3 Å². The second-order valence-electron chi connectivity index (χ2n) is 4.60. The minimum Gasteiger partial charge on any atom is -0.295 e. The van der Waals surface area contributed by atoms with Crippen LogP contribution in [0.4, 0.5) is 0 Å². The lowest BCUT2D eigenvalue weighted by atomic mass is 9.97. The van der Waals surface area contributed by atoms with Crippen molar-refractivity contribution in [3.05, 3.63) is 26.6 Å². The van der Waals surface area contributed by atoms with Gasteiger partial charge in [0.25, 0.3) is 5.56 Å². The van der Waals surface area contributed by atoms with Crippen LogP contribution >= 0.6 is 22.9 Å². The summed E-state index contributed by atoms with van der Waals surface area (Å²) < 4.78 is 1.71. The zero-order chi connectivity index (χ0) is 12.7. The number of nitrogens with zero attached hydrogens (tertiary/aromatic N) is 2. The topological polar surface area (TPSA) is 34.9 Å². The van der Waals surface area contributed by atoms with Crippen LogP contribution in [0.2, 0.25) is 0 Å². The van der Waals surface area contributed by atoms with Gasteiger partial charge in [-0.2, -0.15) is 0 Å². The van der Waals surface area contributed by atoms with Crippen LogP contribution in [0.3, 0.4) is 0 Å². The van der Waals surface area contributed by atoms with Gasteiger partial charge in [0.05, 0.1) is 11.3 Å². The van der Waals surface area contributed by atoms with Crippen LogP contribution in [0.15, 0.2) is 4.79 Å². The van der Waals surface area contributed by atoms with Gasteiger partial charge in [0.2, 0.25) is 0 Å². The molecule has 3 nitrogen and oxygen atoms in total. The Balaban J connectivity index is 2.37. The Hall–Kier alpha value is -0.870. The Labute approximate surface area is 114 Å². The molecule has 2 aromatic heterocycles. The molecule has 0 atom stereocenters. The van der Waals surface area contributed by atoms with E-state index in [1.807, 2.05) is 6.92 Å². The van der Waals surface area contributed by atoms with E-state index in [0.29, 0.717) is 18.2 Å². The lowest BCUT2D eigenvalue weighted by Crippen LogP contribution is -2.24. The number of alkyl halides is 1. The number of fused-ring (bicyclic) bond motifs is 3. The SMILES string of the molecule is CCn1c(CCl)nc2sc3c(c2c1=O)CCCC3. The molecule has 0 bridgehead atoms. The summed E-state index contributed by atoms with van der Waals surface area (Å²) in [4.78, 5) is 19.4. The van der Waals surface area contributed by atoms with Gasteiger partial charge in [0.1, 0.15) is 10.7 Å². The van der Waals surface area contributed by atoms with Gasteiger partial charge in [-0.1, -0.05) is 0 Å². The van der Waals surface area contributed by atoms with Crippen molar-refractivity contribution in [1.82, 2.24) is 9.55 Å². The Kier molecular flexibility index (Phi) is 3.16. The maximum atomic E-state index is 12.5. The molecular weight excluding hydrogens is 268 g/mol. The number of hydrogen-bond acceptors (Lipinski definition) is 3. The van der Waals surface area contributed by atoms with Gasteiger partial charge in [-0.05, 0) is 38.2 Å². The van der Waals surface area contributed by atoms with Crippen LogP contribution in [0, 0.1) is 0 Å². The Bertz CT molecular complexity index is 659. The number of hydrogen-bond donors (Lipinski definition) is 0. The van der Waals surface area contributed by atoms with Gasteiger partial charge in [0, 0.05) is 11.4 Å². The van der Waals surface area contributed by atoms with Gasteiger partial charge >= 0.3 is 0 Å². The lowest BCUT2D eigenvalue weighted by molar-refractivity contribution is 0.675. The van der Waals surface area contributed by atoms with Gasteiger partial charge in [-0.3, -0.25) is 9.36 Å². The quantitative estimate of drug-likeness (QED) is 0.794. The summed E-state index contributed by atoms with van der Waals surface area (Å²) in [6.07, 6.45) is 4.53. The molecule has 0 fully saturated rings. The van der Waals surface area contributed by atoms with E-state index in [1.54, 1.807) is 15.9 Å². The lowest BCUT2D eigenvalue weighted by Gasteiger charge is -2.11. The molecule has 0 radical (unpaired) electrons. The monoisotopic (exact) mass is 282 g/mol. The van der Waals surface area contributed by atoms with E-state index in [4.69, 9.17) is 11.6 Å². The predicted octanol–water partition coefficient (Wildman–Crippen LogP) is 3.10. The molecule has 2 aromatic rings. The average molecular weight is 283 g/mol. The fourth-order valence-electron chi connectivity index (χ4n) is 2.71. The fourth-order valence-corrected chi connectivity index (χ4v) is 4.18. The van der Waals surface area contributed by atoms with Crippen LogP contribution in [-0.2, 0) is 25.3 Å². The fraction of sp³-hybridized carbons (Fsp3) is 0.538. The number of rotatable bonds is 2. The zero-order valence-electron chi connectivity index (χ0n) is 10.3. The highest BCUT2D eigenvalue weighted by molar-refractivity contribution is 7.18. The second-order valence-corrected chi connectivity index (χ2v) is 5.95. The van der Waals surface area contributed by atoms with Crippen molar-refractivity contribution >= 4 is 33.2 Å². The number of thiophene rings is 1.